The van der Waals surface area contributed by atoms with Crippen LogP contribution in [0, 0.1) is 12.3 Å². The third kappa shape index (κ3) is 9.31. The fraction of sp³-hybridized carbons (Fsp3) is 0.857. The summed E-state index contributed by atoms with van der Waals surface area (Å²) < 4.78 is 29.9. The van der Waals surface area contributed by atoms with Gasteiger partial charge in [0.05, 0.1) is 24.4 Å². The Bertz CT molecular complexity index is 908. The Morgan fingerprint density at radius 1 is 0.951 bits per heavy atom. The third-order valence-electron chi connectivity index (χ3n) is 7.28. The van der Waals surface area contributed by atoms with Crippen LogP contribution in [0.2, 0.25) is 0 Å². The molecule has 2 rings (SSSR count). The summed E-state index contributed by atoms with van der Waals surface area (Å²) in [5.41, 5.74) is -1.50. The van der Waals surface area contributed by atoms with Crippen LogP contribution in [-0.4, -0.2) is 118 Å². The number of hydrogen-bond donors (Lipinski definition) is 6. The van der Waals surface area contributed by atoms with E-state index in [4.69, 9.17) is 30.1 Å². The van der Waals surface area contributed by atoms with Crippen molar-refractivity contribution < 1.29 is 53.7 Å². The van der Waals surface area contributed by atoms with Gasteiger partial charge in [-0.15, -0.1) is 6.42 Å². The zero-order chi connectivity index (χ0) is 31.1. The lowest BCUT2D eigenvalue weighted by Gasteiger charge is -2.49. The van der Waals surface area contributed by atoms with Crippen LogP contribution in [0.3, 0.4) is 0 Å². The lowest BCUT2D eigenvalue weighted by Crippen LogP contribution is -2.69. The number of nitrogens with one attached hydrogen (secondary N) is 2. The Labute approximate surface area is 242 Å². The molecule has 13 nitrogen and oxygen atoms in total. The van der Waals surface area contributed by atoms with Crippen LogP contribution in [-0.2, 0) is 33.3 Å². The molecular formula is C28H48N2O11. The summed E-state index contributed by atoms with van der Waals surface area (Å²) in [4.78, 5) is 25.2. The predicted octanol–water partition coefficient (Wildman–Crippen LogP) is -0.680. The van der Waals surface area contributed by atoms with E-state index in [1.54, 1.807) is 27.7 Å². The molecule has 10 unspecified atom stereocenters. The average molecular weight is 589 g/mol. The molecule has 236 valence electrons. The zero-order valence-electron chi connectivity index (χ0n) is 25.0. The highest BCUT2D eigenvalue weighted by Gasteiger charge is 2.54. The topological polar surface area (TPSA) is 185 Å². The van der Waals surface area contributed by atoms with Gasteiger partial charge in [0.15, 0.2) is 18.7 Å². The van der Waals surface area contributed by atoms with Crippen molar-refractivity contribution in [3.05, 3.63) is 0 Å². The number of aliphatic hydroxyl groups is 4. The second-order valence-corrected chi connectivity index (χ2v) is 11.7. The van der Waals surface area contributed by atoms with E-state index in [0.29, 0.717) is 12.8 Å². The van der Waals surface area contributed by atoms with Crippen molar-refractivity contribution in [3.63, 3.8) is 0 Å². The van der Waals surface area contributed by atoms with Crippen LogP contribution in [0.4, 0.5) is 0 Å². The van der Waals surface area contributed by atoms with Crippen LogP contribution in [0.5, 0.6) is 0 Å². The monoisotopic (exact) mass is 588 g/mol. The molecule has 0 bridgehead atoms. The molecule has 2 aliphatic heterocycles. The van der Waals surface area contributed by atoms with E-state index in [0.717, 1.165) is 6.42 Å². The molecule has 0 aromatic carbocycles. The Morgan fingerprint density at radius 2 is 1.61 bits per heavy atom. The molecule has 0 aliphatic carbocycles. The fourth-order valence-corrected chi connectivity index (χ4v) is 4.83. The first kappa shape index (κ1) is 35.3. The SMILES string of the molecule is C#CCNC(=O)C1OC(OC2C(O)C(CO)OC(OC(C)(C)CC)C2NC(C)=O)C(O)C(O)C1OC(C)(C)CCC. The third-order valence-corrected chi connectivity index (χ3v) is 7.28. The van der Waals surface area contributed by atoms with Gasteiger partial charge in [-0.1, -0.05) is 26.2 Å². The molecule has 2 fully saturated rings. The van der Waals surface area contributed by atoms with Crippen molar-refractivity contribution in [1.82, 2.24) is 10.6 Å². The van der Waals surface area contributed by atoms with Gasteiger partial charge in [0, 0.05) is 6.92 Å². The van der Waals surface area contributed by atoms with Gasteiger partial charge < -0.3 is 54.7 Å². The van der Waals surface area contributed by atoms with Crippen molar-refractivity contribution >= 4 is 11.8 Å². The van der Waals surface area contributed by atoms with Crippen molar-refractivity contribution in [1.29, 1.82) is 0 Å². The first-order valence-corrected chi connectivity index (χ1v) is 14.1. The number of rotatable bonds is 13. The number of hydrogen-bond acceptors (Lipinski definition) is 11. The van der Waals surface area contributed by atoms with Crippen molar-refractivity contribution in [2.75, 3.05) is 13.2 Å². The molecule has 41 heavy (non-hydrogen) atoms. The van der Waals surface area contributed by atoms with Gasteiger partial charge in [0.2, 0.25) is 5.91 Å². The van der Waals surface area contributed by atoms with Crippen LogP contribution in [0.1, 0.15) is 67.7 Å². The maximum Gasteiger partial charge on any atom is 0.252 e. The summed E-state index contributed by atoms with van der Waals surface area (Å²) in [7, 11) is 0. The van der Waals surface area contributed by atoms with Crippen LogP contribution in [0.25, 0.3) is 0 Å². The van der Waals surface area contributed by atoms with E-state index in [1.807, 2.05) is 13.8 Å². The Balaban J connectivity index is 2.44. The smallest absolute Gasteiger partial charge is 0.252 e. The van der Waals surface area contributed by atoms with Crippen LogP contribution in [0.15, 0.2) is 0 Å². The molecule has 0 saturated carbocycles. The zero-order valence-corrected chi connectivity index (χ0v) is 25.0. The van der Waals surface area contributed by atoms with E-state index < -0.39 is 91.0 Å². The number of carbonyl (C=O) groups excluding carboxylic acids is 2. The lowest BCUT2D eigenvalue weighted by atomic mass is 9.94. The largest absolute Gasteiger partial charge is 0.394 e. The van der Waals surface area contributed by atoms with Gasteiger partial charge in [-0.05, 0) is 40.5 Å². The van der Waals surface area contributed by atoms with E-state index in [2.05, 4.69) is 16.6 Å². The van der Waals surface area contributed by atoms with Crippen molar-refractivity contribution in [3.8, 4) is 12.3 Å². The van der Waals surface area contributed by atoms with E-state index in [1.165, 1.54) is 6.92 Å². The van der Waals surface area contributed by atoms with Crippen molar-refractivity contribution in [2.45, 2.75) is 140 Å². The highest BCUT2D eigenvalue weighted by Crippen LogP contribution is 2.34. The molecule has 2 amide bonds. The summed E-state index contributed by atoms with van der Waals surface area (Å²) in [6, 6.07) is -1.13. The first-order valence-electron chi connectivity index (χ1n) is 14.1. The van der Waals surface area contributed by atoms with Crippen molar-refractivity contribution in [2.24, 2.45) is 0 Å². The van der Waals surface area contributed by atoms with Crippen LogP contribution < -0.4 is 10.6 Å². The van der Waals surface area contributed by atoms with Gasteiger partial charge in [0.1, 0.15) is 42.7 Å². The molecule has 0 aromatic rings. The summed E-state index contributed by atoms with van der Waals surface area (Å²) >= 11 is 0. The minimum atomic E-state index is -1.74. The standard InChI is InChI=1S/C28H48N2O11/c1-9-12-28(7,8)40-22-19(34)20(35)26(39-23(22)24(36)29-13-10-2)38-21-17(30-15(4)32)25(41-27(5,6)11-3)37-16(14-31)18(21)33/h2,16-23,25-26,31,33-35H,9,11-14H2,1,3-8H3,(H,29,36)(H,30,32). The molecule has 0 spiro atoms. The number of terminal acetylenes is 1. The fourth-order valence-electron chi connectivity index (χ4n) is 4.83. The quantitative estimate of drug-likeness (QED) is 0.150. The molecule has 2 aliphatic rings. The van der Waals surface area contributed by atoms with Gasteiger partial charge in [0.25, 0.3) is 5.91 Å². The van der Waals surface area contributed by atoms with E-state index in [-0.39, 0.29) is 6.54 Å². The normalized spacial score (nSPS) is 34.5. The number of carbonyl (C=O) groups is 2. The number of ether oxygens (including phenoxy) is 5. The molecule has 6 N–H and O–H groups in total. The second-order valence-electron chi connectivity index (χ2n) is 11.7. The molecule has 2 heterocycles. The molecule has 0 aromatic heterocycles. The Kier molecular flexibility index (Phi) is 13.0. The molecule has 0 radical (unpaired) electrons. The molecule has 10 atom stereocenters. The lowest BCUT2D eigenvalue weighted by molar-refractivity contribution is -0.352. The molecule has 13 heteroatoms. The predicted molar refractivity (Wildman–Crippen MR) is 146 cm³/mol. The summed E-state index contributed by atoms with van der Waals surface area (Å²) in [6.07, 6.45) is -5.85. The average Bonchev–Trinajstić information content (AvgIpc) is 2.89. The maximum atomic E-state index is 13.1. The minimum Gasteiger partial charge on any atom is -0.394 e. The maximum absolute atomic E-state index is 13.1. The number of amides is 2. The van der Waals surface area contributed by atoms with Gasteiger partial charge >= 0.3 is 0 Å². The first-order chi connectivity index (χ1) is 19.1. The van der Waals surface area contributed by atoms with E-state index >= 15 is 0 Å². The summed E-state index contributed by atoms with van der Waals surface area (Å²) in [5.74, 6) is 1.09. The highest BCUT2D eigenvalue weighted by atomic mass is 16.7. The van der Waals surface area contributed by atoms with Crippen LogP contribution >= 0.6 is 0 Å². The minimum absolute atomic E-state index is 0.123. The summed E-state index contributed by atoms with van der Waals surface area (Å²) in [5, 5.41) is 48.4. The Morgan fingerprint density at radius 3 is 2.15 bits per heavy atom. The highest BCUT2D eigenvalue weighted by molar-refractivity contribution is 5.82. The van der Waals surface area contributed by atoms with Gasteiger partial charge in [-0.3, -0.25) is 9.59 Å². The second kappa shape index (κ2) is 15.0. The molecule has 2 saturated heterocycles. The van der Waals surface area contributed by atoms with Gasteiger partial charge in [-0.2, -0.15) is 0 Å². The molecular weight excluding hydrogens is 540 g/mol. The number of aliphatic hydroxyl groups excluding tert-OH is 4. The summed E-state index contributed by atoms with van der Waals surface area (Å²) in [6.45, 7) is 11.6. The van der Waals surface area contributed by atoms with Gasteiger partial charge in [-0.25, -0.2) is 0 Å². The Hall–Kier alpha value is -1.86. The van der Waals surface area contributed by atoms with E-state index in [9.17, 15) is 30.0 Å².